The van der Waals surface area contributed by atoms with Crippen LogP contribution in [0, 0.1) is 6.92 Å². The predicted molar refractivity (Wildman–Crippen MR) is 94.8 cm³/mol. The number of nitrogens with zero attached hydrogens (tertiary/aromatic N) is 1. The summed E-state index contributed by atoms with van der Waals surface area (Å²) in [5, 5.41) is 0. The van der Waals surface area contributed by atoms with E-state index in [-0.39, 0.29) is 0 Å². The second-order valence-electron chi connectivity index (χ2n) is 4.71. The molecule has 0 unspecified atom stereocenters. The van der Waals surface area contributed by atoms with Crippen LogP contribution in [0.25, 0.3) is 0 Å². The molecule has 1 aromatic rings. The first-order chi connectivity index (χ1) is 10.1. The molecule has 108 valence electrons. The summed E-state index contributed by atoms with van der Waals surface area (Å²) in [5.41, 5.74) is 4.85. The Morgan fingerprint density at radius 1 is 0.952 bits per heavy atom. The van der Waals surface area contributed by atoms with E-state index in [1.165, 1.54) is 5.56 Å². The quantitative estimate of drug-likeness (QED) is 0.476. The summed E-state index contributed by atoms with van der Waals surface area (Å²) in [6.07, 6.45) is 11.7. The maximum atomic E-state index is 4.61. The first kappa shape index (κ1) is 16.6. The minimum atomic E-state index is 0.733. The van der Waals surface area contributed by atoms with Crippen molar-refractivity contribution in [3.05, 3.63) is 96.3 Å². The van der Waals surface area contributed by atoms with Gasteiger partial charge in [0, 0.05) is 5.56 Å². The van der Waals surface area contributed by atoms with Crippen molar-refractivity contribution in [3.8, 4) is 0 Å². The molecule has 0 fully saturated rings. The van der Waals surface area contributed by atoms with Gasteiger partial charge in [-0.2, -0.15) is 0 Å². The zero-order chi connectivity index (χ0) is 15.7. The van der Waals surface area contributed by atoms with Gasteiger partial charge < -0.3 is 0 Å². The summed E-state index contributed by atoms with van der Waals surface area (Å²) in [4.78, 5) is 4.61. The van der Waals surface area contributed by atoms with Crippen molar-refractivity contribution in [3.63, 3.8) is 0 Å². The maximum absolute atomic E-state index is 4.61. The second-order valence-corrected chi connectivity index (χ2v) is 4.71. The lowest BCUT2D eigenvalue weighted by atomic mass is 10.0. The highest BCUT2D eigenvalue weighted by Crippen LogP contribution is 2.12. The maximum Gasteiger partial charge on any atom is 0.0711 e. The predicted octanol–water partition coefficient (Wildman–Crippen LogP) is 5.56. The van der Waals surface area contributed by atoms with E-state index in [0.29, 0.717) is 0 Å². The number of rotatable bonds is 6. The smallest absolute Gasteiger partial charge is 0.0711 e. The molecule has 1 heteroatoms. The zero-order valence-electron chi connectivity index (χ0n) is 13.1. The lowest BCUT2D eigenvalue weighted by Gasteiger charge is -2.06. The number of benzene rings is 1. The minimum Gasteiger partial charge on any atom is -0.249 e. The number of hydrogen-bond acceptors (Lipinski definition) is 1. The van der Waals surface area contributed by atoms with Crippen molar-refractivity contribution < 1.29 is 0 Å². The van der Waals surface area contributed by atoms with E-state index in [0.717, 1.165) is 22.5 Å². The van der Waals surface area contributed by atoms with Crippen molar-refractivity contribution in [2.75, 3.05) is 0 Å². The molecule has 21 heavy (non-hydrogen) atoms. The topological polar surface area (TPSA) is 12.4 Å². The molecular weight excluding hydrogens is 254 g/mol. The highest BCUT2D eigenvalue weighted by atomic mass is 14.7. The highest BCUT2D eigenvalue weighted by Gasteiger charge is 2.03. The van der Waals surface area contributed by atoms with Crippen LogP contribution in [0.4, 0.5) is 0 Å². The molecule has 1 aromatic carbocycles. The van der Waals surface area contributed by atoms with Gasteiger partial charge in [-0.05, 0) is 44.1 Å². The molecule has 0 N–H and O–H groups in total. The van der Waals surface area contributed by atoms with Gasteiger partial charge in [0.1, 0.15) is 0 Å². The third kappa shape index (κ3) is 5.62. The second kappa shape index (κ2) is 8.70. The van der Waals surface area contributed by atoms with E-state index in [1.54, 1.807) is 0 Å². The summed E-state index contributed by atoms with van der Waals surface area (Å²) in [5.74, 6) is 0. The Bertz CT molecular complexity index is 625. The molecule has 0 amide bonds. The molecule has 0 bridgehead atoms. The summed E-state index contributed by atoms with van der Waals surface area (Å²) < 4.78 is 0. The van der Waals surface area contributed by atoms with Crippen LogP contribution < -0.4 is 0 Å². The molecule has 0 spiro atoms. The lowest BCUT2D eigenvalue weighted by Crippen LogP contribution is -2.00. The van der Waals surface area contributed by atoms with Crippen LogP contribution in [0.2, 0.25) is 0 Å². The van der Waals surface area contributed by atoms with Crippen LogP contribution in [0.15, 0.2) is 90.1 Å². The number of aliphatic imine (C=N–C) groups is 1. The molecule has 1 nitrogen and oxygen atoms in total. The van der Waals surface area contributed by atoms with Crippen LogP contribution in [-0.2, 0) is 0 Å². The van der Waals surface area contributed by atoms with Crippen molar-refractivity contribution in [2.45, 2.75) is 20.8 Å². The van der Waals surface area contributed by atoms with Gasteiger partial charge in [-0.1, -0.05) is 61.7 Å². The standard InChI is InChI=1S/C20H23N/c1-6-10-16(3)14-15-20(21-18(5)11-7-2)19-13-9-8-12-17(19)4/h6-15H,3,5H2,1-2,4H3/b10-6-,11-7-,15-14-,21-20?. The average Bonchev–Trinajstić information content (AvgIpc) is 2.45. The van der Waals surface area contributed by atoms with Gasteiger partial charge in [-0.25, -0.2) is 4.99 Å². The Hall–Kier alpha value is -2.41. The summed E-state index contributed by atoms with van der Waals surface area (Å²) in [7, 11) is 0. The lowest BCUT2D eigenvalue weighted by molar-refractivity contribution is 1.38. The molecule has 0 radical (unpaired) electrons. The van der Waals surface area contributed by atoms with E-state index in [9.17, 15) is 0 Å². The average molecular weight is 277 g/mol. The largest absolute Gasteiger partial charge is 0.249 e. The third-order valence-corrected chi connectivity index (χ3v) is 2.88. The van der Waals surface area contributed by atoms with Gasteiger partial charge in [0.2, 0.25) is 0 Å². The van der Waals surface area contributed by atoms with Crippen molar-refractivity contribution in [1.82, 2.24) is 0 Å². The molecule has 0 saturated carbocycles. The molecule has 0 aliphatic rings. The number of allylic oxidation sites excluding steroid dienone is 7. The van der Waals surface area contributed by atoms with E-state index in [4.69, 9.17) is 0 Å². The molecular formula is C20H23N. The molecule has 0 aromatic heterocycles. The first-order valence-corrected chi connectivity index (χ1v) is 7.04. The van der Waals surface area contributed by atoms with Gasteiger partial charge in [-0.15, -0.1) is 0 Å². The number of aryl methyl sites for hydroxylation is 1. The highest BCUT2D eigenvalue weighted by molar-refractivity contribution is 6.10. The van der Waals surface area contributed by atoms with E-state index >= 15 is 0 Å². The van der Waals surface area contributed by atoms with E-state index in [1.807, 2.05) is 62.4 Å². The van der Waals surface area contributed by atoms with E-state index in [2.05, 4.69) is 37.2 Å². The minimum absolute atomic E-state index is 0.733. The Morgan fingerprint density at radius 2 is 1.62 bits per heavy atom. The molecule has 1 rings (SSSR count). The molecule has 0 heterocycles. The fraction of sp³-hybridized carbons (Fsp3) is 0.150. The van der Waals surface area contributed by atoms with Gasteiger partial charge in [-0.3, -0.25) is 0 Å². The Morgan fingerprint density at radius 3 is 2.24 bits per heavy atom. The van der Waals surface area contributed by atoms with Crippen molar-refractivity contribution >= 4 is 5.71 Å². The fourth-order valence-corrected chi connectivity index (χ4v) is 1.89. The van der Waals surface area contributed by atoms with Crippen LogP contribution >= 0.6 is 0 Å². The molecule has 0 saturated heterocycles. The molecule has 0 atom stereocenters. The van der Waals surface area contributed by atoms with Gasteiger partial charge in [0.05, 0.1) is 11.4 Å². The molecule has 0 aliphatic carbocycles. The summed E-state index contributed by atoms with van der Waals surface area (Å²) >= 11 is 0. The van der Waals surface area contributed by atoms with Gasteiger partial charge in [0.15, 0.2) is 0 Å². The normalized spacial score (nSPS) is 12.6. The van der Waals surface area contributed by atoms with Crippen LogP contribution in [-0.4, -0.2) is 5.71 Å². The zero-order valence-corrected chi connectivity index (χ0v) is 13.1. The monoisotopic (exact) mass is 277 g/mol. The summed E-state index contributed by atoms with van der Waals surface area (Å²) in [6, 6.07) is 8.20. The summed E-state index contributed by atoms with van der Waals surface area (Å²) in [6.45, 7) is 14.0. The van der Waals surface area contributed by atoms with Gasteiger partial charge in [0.25, 0.3) is 0 Å². The van der Waals surface area contributed by atoms with Gasteiger partial charge >= 0.3 is 0 Å². The number of hydrogen-bond donors (Lipinski definition) is 0. The molecule has 0 aliphatic heterocycles. The Labute approximate surface area is 128 Å². The Kier molecular flexibility index (Phi) is 6.90. The van der Waals surface area contributed by atoms with Crippen molar-refractivity contribution in [2.24, 2.45) is 4.99 Å². The fourth-order valence-electron chi connectivity index (χ4n) is 1.89. The van der Waals surface area contributed by atoms with Crippen LogP contribution in [0.3, 0.4) is 0 Å². The van der Waals surface area contributed by atoms with Crippen LogP contribution in [0.1, 0.15) is 25.0 Å². The van der Waals surface area contributed by atoms with Crippen LogP contribution in [0.5, 0.6) is 0 Å². The van der Waals surface area contributed by atoms with Crippen molar-refractivity contribution in [1.29, 1.82) is 0 Å². The SMILES string of the molecule is C=C(/C=C\C)/C=C\C(=NC(=C)/C=C\C)c1ccccc1C. The van der Waals surface area contributed by atoms with E-state index < -0.39 is 0 Å². The third-order valence-electron chi connectivity index (χ3n) is 2.88. The first-order valence-electron chi connectivity index (χ1n) is 7.04. The Balaban J connectivity index is 3.21.